The summed E-state index contributed by atoms with van der Waals surface area (Å²) in [6.07, 6.45) is -6.00. The molecule has 0 aromatic carbocycles. The summed E-state index contributed by atoms with van der Waals surface area (Å²) in [6, 6.07) is -4.70. The van der Waals surface area contributed by atoms with Crippen LogP contribution in [0.25, 0.3) is 0 Å². The maximum atomic E-state index is 12.6. The fraction of sp³-hybridized carbons (Fsp3) is 0.750. The predicted molar refractivity (Wildman–Crippen MR) is 96.9 cm³/mol. The van der Waals surface area contributed by atoms with E-state index in [4.69, 9.17) is 0 Å². The Balaban J connectivity index is 2.84. The maximum absolute atomic E-state index is 12.6. The standard InChI is InChI=1S/C8H6N12O18/c21-5-9(1-7(13(23)24,14(25)26)15(27)28)3-4(12(5)20(37)38)10(6(22)11(3)19(35)36)2-8(16(29)30,17(31)32)18(33)34/h3-4H,1-2H2. The minimum Gasteiger partial charge on any atom is -0.268 e. The van der Waals surface area contributed by atoms with Gasteiger partial charge in [0.05, 0.1) is 0 Å². The normalized spacial score (nSPS) is 19.3. The molecule has 0 radical (unpaired) electrons. The van der Waals surface area contributed by atoms with Crippen molar-refractivity contribution in [1.82, 2.24) is 19.8 Å². The lowest BCUT2D eigenvalue weighted by molar-refractivity contribution is -0.968. The quantitative estimate of drug-likeness (QED) is 0.127. The van der Waals surface area contributed by atoms with Crippen molar-refractivity contribution >= 4 is 12.1 Å². The molecule has 0 bridgehead atoms. The van der Waals surface area contributed by atoms with Crippen molar-refractivity contribution in [2.24, 2.45) is 0 Å². The van der Waals surface area contributed by atoms with Gasteiger partial charge in [0.2, 0.25) is 25.4 Å². The fourth-order valence-electron chi connectivity index (χ4n) is 3.41. The summed E-state index contributed by atoms with van der Waals surface area (Å²) < 4.78 is 0. The largest absolute Gasteiger partial charge is 0.717 e. The van der Waals surface area contributed by atoms with E-state index in [1.807, 2.05) is 0 Å². The van der Waals surface area contributed by atoms with Crippen LogP contribution in [0.5, 0.6) is 0 Å². The third-order valence-electron chi connectivity index (χ3n) is 5.16. The molecule has 2 heterocycles. The van der Waals surface area contributed by atoms with Crippen molar-refractivity contribution in [2.75, 3.05) is 13.1 Å². The van der Waals surface area contributed by atoms with Gasteiger partial charge < -0.3 is 0 Å². The highest BCUT2D eigenvalue weighted by Crippen LogP contribution is 2.37. The molecular weight excluding hydrogens is 552 g/mol. The Morgan fingerprint density at radius 2 is 0.711 bits per heavy atom. The third-order valence-corrected chi connectivity index (χ3v) is 5.16. The summed E-state index contributed by atoms with van der Waals surface area (Å²) in [4.78, 5) is 101. The first-order chi connectivity index (χ1) is 17.3. The van der Waals surface area contributed by atoms with Gasteiger partial charge >= 0.3 is 23.6 Å². The van der Waals surface area contributed by atoms with E-state index in [2.05, 4.69) is 0 Å². The lowest BCUT2D eigenvalue weighted by atomic mass is 10.2. The second kappa shape index (κ2) is 8.75. The molecule has 0 aromatic rings. The SMILES string of the molecule is O=C1N(CC([N+](=O)[O-])([N+](=O)[O-])[N+](=O)[O-])C2C(N(CC([N+](=O)[O-])([N+](=O)[O-])[N+](=O)[O-])C(=O)N2[N+](=O)[O-])N1[N+](=O)[O-]. The molecule has 2 atom stereocenters. The number of carbonyl (C=O) groups excluding carboxylic acids is 2. The van der Waals surface area contributed by atoms with Crippen LogP contribution in [-0.4, -0.2) is 108 Å². The maximum Gasteiger partial charge on any atom is 0.717 e. The number of nitrogens with zero attached hydrogens (tertiary/aromatic N) is 12. The smallest absolute Gasteiger partial charge is 0.268 e. The van der Waals surface area contributed by atoms with Gasteiger partial charge in [0, 0.05) is 0 Å². The first-order valence-electron chi connectivity index (χ1n) is 8.67. The number of rotatable bonds is 12. The number of nitro groups is 8. The highest BCUT2D eigenvalue weighted by molar-refractivity contribution is 5.83. The van der Waals surface area contributed by atoms with Gasteiger partial charge in [-0.1, -0.05) is 0 Å². The Hall–Kier alpha value is -6.26. The summed E-state index contributed by atoms with van der Waals surface area (Å²) in [5.74, 6) is -9.31. The number of urea groups is 2. The van der Waals surface area contributed by atoms with Crippen LogP contribution in [0.1, 0.15) is 0 Å². The van der Waals surface area contributed by atoms with Gasteiger partial charge in [-0.15, -0.1) is 0 Å². The molecule has 2 aliphatic rings. The van der Waals surface area contributed by atoms with E-state index < -0.39 is 108 Å². The number of hydrogen-bond acceptors (Lipinski definition) is 18. The van der Waals surface area contributed by atoms with Crippen LogP contribution in [0.3, 0.4) is 0 Å². The molecule has 2 rings (SSSR count). The number of amides is 4. The van der Waals surface area contributed by atoms with Crippen LogP contribution in [-0.2, 0) is 0 Å². The van der Waals surface area contributed by atoms with Crippen LogP contribution in [0.4, 0.5) is 9.59 Å². The molecule has 206 valence electrons. The Bertz CT molecular complexity index is 1050. The van der Waals surface area contributed by atoms with E-state index in [9.17, 15) is 90.5 Å². The first-order valence-corrected chi connectivity index (χ1v) is 8.67. The van der Waals surface area contributed by atoms with Gasteiger partial charge in [0.1, 0.15) is 0 Å². The molecule has 4 amide bonds. The van der Waals surface area contributed by atoms with Gasteiger partial charge in [0.25, 0.3) is 0 Å². The Labute approximate surface area is 200 Å². The van der Waals surface area contributed by atoms with E-state index in [1.54, 1.807) is 0 Å². The molecule has 2 saturated heterocycles. The average molecular weight is 558 g/mol. The van der Waals surface area contributed by atoms with E-state index in [0.717, 1.165) is 0 Å². The van der Waals surface area contributed by atoms with Gasteiger partial charge in [-0.2, -0.15) is 0 Å². The fourth-order valence-corrected chi connectivity index (χ4v) is 3.41. The molecule has 2 unspecified atom stereocenters. The summed E-state index contributed by atoms with van der Waals surface area (Å²) in [7, 11) is 0. The van der Waals surface area contributed by atoms with Crippen LogP contribution in [0.15, 0.2) is 0 Å². The zero-order valence-corrected chi connectivity index (χ0v) is 17.3. The number of hydrazine groups is 2. The lowest BCUT2D eigenvalue weighted by Crippen LogP contribution is -2.63. The number of hydrogen-bond donors (Lipinski definition) is 0. The highest BCUT2D eigenvalue weighted by atomic mass is 16.8. The molecule has 38 heavy (non-hydrogen) atoms. The topological polar surface area (TPSA) is 392 Å². The van der Waals surface area contributed by atoms with Gasteiger partial charge in [-0.25, -0.2) is 29.8 Å². The minimum atomic E-state index is -4.65. The minimum absolute atomic E-state index is 0.630. The molecule has 30 nitrogen and oxygen atoms in total. The van der Waals surface area contributed by atoms with Crippen LogP contribution in [0, 0.1) is 80.9 Å². The number of carbonyl (C=O) groups is 2. The van der Waals surface area contributed by atoms with Crippen molar-refractivity contribution < 1.29 is 49.2 Å². The second-order valence-electron chi connectivity index (χ2n) is 6.90. The van der Waals surface area contributed by atoms with E-state index in [1.165, 1.54) is 0 Å². The van der Waals surface area contributed by atoms with Gasteiger partial charge in [-0.05, 0) is 10.0 Å². The average Bonchev–Trinajstić information content (AvgIpc) is 3.17. The van der Waals surface area contributed by atoms with Crippen LogP contribution >= 0.6 is 0 Å². The summed E-state index contributed by atoms with van der Waals surface area (Å²) in [5, 5.41) is 85.0. The summed E-state index contributed by atoms with van der Waals surface area (Å²) in [6.45, 7) is -4.89. The Morgan fingerprint density at radius 1 is 0.500 bits per heavy atom. The zero-order valence-electron chi connectivity index (χ0n) is 17.3. The summed E-state index contributed by atoms with van der Waals surface area (Å²) in [5.41, 5.74) is 0. The number of fused-ring (bicyclic) bond motifs is 1. The van der Waals surface area contributed by atoms with Crippen molar-refractivity contribution in [3.05, 3.63) is 80.9 Å². The predicted octanol–water partition coefficient (Wildman–Crippen LogP) is -3.53. The van der Waals surface area contributed by atoms with E-state index in [-0.39, 0.29) is 0 Å². The van der Waals surface area contributed by atoms with Crippen LogP contribution < -0.4 is 0 Å². The van der Waals surface area contributed by atoms with Crippen molar-refractivity contribution in [1.29, 1.82) is 0 Å². The zero-order chi connectivity index (χ0) is 29.7. The van der Waals surface area contributed by atoms with Crippen molar-refractivity contribution in [3.63, 3.8) is 0 Å². The summed E-state index contributed by atoms with van der Waals surface area (Å²) >= 11 is 0. The second-order valence-corrected chi connectivity index (χ2v) is 6.90. The van der Waals surface area contributed by atoms with Gasteiger partial charge in [0.15, 0.2) is 39.6 Å². The van der Waals surface area contributed by atoms with Crippen molar-refractivity contribution in [3.8, 4) is 0 Å². The van der Waals surface area contributed by atoms with E-state index >= 15 is 0 Å². The monoisotopic (exact) mass is 558 g/mol. The van der Waals surface area contributed by atoms with Crippen molar-refractivity contribution in [2.45, 2.75) is 23.9 Å². The molecule has 0 aromatic heterocycles. The van der Waals surface area contributed by atoms with Crippen LogP contribution in [0.2, 0.25) is 0 Å². The molecule has 0 saturated carbocycles. The molecule has 30 heteroatoms. The van der Waals surface area contributed by atoms with Gasteiger partial charge in [-0.3, -0.25) is 70.5 Å². The molecule has 0 aliphatic carbocycles. The first kappa shape index (κ1) is 28.0. The molecule has 0 spiro atoms. The molecular formula is C8H6N12O18. The lowest BCUT2D eigenvalue weighted by Gasteiger charge is -2.22. The Morgan fingerprint density at radius 3 is 0.868 bits per heavy atom. The molecule has 2 fully saturated rings. The Kier molecular flexibility index (Phi) is 6.44. The van der Waals surface area contributed by atoms with E-state index in [0.29, 0.717) is 0 Å². The highest BCUT2D eigenvalue weighted by Gasteiger charge is 2.81. The third kappa shape index (κ3) is 3.50. The molecule has 2 aliphatic heterocycles. The molecule has 0 N–H and O–H groups in total.